The number of carbonyl (C=O) groups excluding carboxylic acids is 1. The molecule has 1 N–H and O–H groups in total. The molecule has 0 fully saturated rings. The van der Waals surface area contributed by atoms with Gasteiger partial charge < -0.3 is 14.6 Å². The van der Waals surface area contributed by atoms with Crippen molar-refractivity contribution in [1.29, 1.82) is 0 Å². The maximum atomic E-state index is 12.5. The van der Waals surface area contributed by atoms with Gasteiger partial charge in [0.1, 0.15) is 11.6 Å². The van der Waals surface area contributed by atoms with E-state index in [4.69, 9.17) is 9.72 Å². The average molecular weight is 470 g/mol. The Kier molecular flexibility index (Phi) is 8.19. The molecule has 182 valence electrons. The van der Waals surface area contributed by atoms with E-state index in [0.29, 0.717) is 31.1 Å². The number of imidazole rings is 1. The fourth-order valence-electron chi connectivity index (χ4n) is 4.20. The standard InChI is InChI=1S/C30H35N3O2/c1-4-23(3)24-14-16-26(17-15-24)35-21-7-20-33-28-9-6-5-8-27(28)32-29(33)18-19-31-30(34)25-12-10-22(2)11-13-25/h5-6,8-17,23H,4,7,18-21H2,1-3H3,(H,31,34). The van der Waals surface area contributed by atoms with E-state index in [9.17, 15) is 4.79 Å². The lowest BCUT2D eigenvalue weighted by Crippen LogP contribution is -2.26. The number of nitrogens with zero attached hydrogens (tertiary/aromatic N) is 2. The van der Waals surface area contributed by atoms with E-state index in [1.54, 1.807) is 0 Å². The molecule has 4 aromatic rings. The number of ether oxygens (including phenoxy) is 1. The molecule has 0 saturated carbocycles. The average Bonchev–Trinajstić information content (AvgIpc) is 3.24. The highest BCUT2D eigenvalue weighted by molar-refractivity contribution is 5.94. The van der Waals surface area contributed by atoms with Crippen LogP contribution in [0.25, 0.3) is 11.0 Å². The van der Waals surface area contributed by atoms with E-state index < -0.39 is 0 Å². The molecule has 1 atom stereocenters. The molecule has 0 aliphatic carbocycles. The van der Waals surface area contributed by atoms with Crippen molar-refractivity contribution in [3.05, 3.63) is 95.3 Å². The number of fused-ring (bicyclic) bond motifs is 1. The van der Waals surface area contributed by atoms with Crippen LogP contribution in [0.3, 0.4) is 0 Å². The van der Waals surface area contributed by atoms with Crippen LogP contribution in [-0.2, 0) is 13.0 Å². The zero-order chi connectivity index (χ0) is 24.6. The summed E-state index contributed by atoms with van der Waals surface area (Å²) in [4.78, 5) is 17.3. The number of nitrogens with one attached hydrogen (secondary N) is 1. The fraction of sp³-hybridized carbons (Fsp3) is 0.333. The summed E-state index contributed by atoms with van der Waals surface area (Å²) in [6, 6.07) is 24.3. The molecule has 0 aliphatic rings. The molecular weight excluding hydrogens is 434 g/mol. The number of rotatable bonds is 11. The SMILES string of the molecule is CCC(C)c1ccc(OCCCn2c(CCNC(=O)c3ccc(C)cc3)nc3ccccc32)cc1. The number of para-hydroxylation sites is 2. The predicted octanol–water partition coefficient (Wildman–Crippen LogP) is 6.30. The molecule has 3 aromatic carbocycles. The summed E-state index contributed by atoms with van der Waals surface area (Å²) in [5, 5.41) is 3.03. The Bertz CT molecular complexity index is 1240. The molecule has 5 heteroatoms. The maximum absolute atomic E-state index is 12.5. The number of aryl methyl sites for hydroxylation is 2. The first-order valence-electron chi connectivity index (χ1n) is 12.6. The van der Waals surface area contributed by atoms with E-state index >= 15 is 0 Å². The first-order chi connectivity index (χ1) is 17.0. The maximum Gasteiger partial charge on any atom is 0.251 e. The van der Waals surface area contributed by atoms with E-state index in [1.165, 1.54) is 5.56 Å². The van der Waals surface area contributed by atoms with Gasteiger partial charge in [0, 0.05) is 25.1 Å². The van der Waals surface area contributed by atoms with Gasteiger partial charge in [-0.25, -0.2) is 4.98 Å². The van der Waals surface area contributed by atoms with Crippen LogP contribution in [0.4, 0.5) is 0 Å². The van der Waals surface area contributed by atoms with Crippen molar-refractivity contribution in [3.8, 4) is 5.75 Å². The highest BCUT2D eigenvalue weighted by atomic mass is 16.5. The second-order valence-electron chi connectivity index (χ2n) is 9.12. The largest absolute Gasteiger partial charge is 0.494 e. The van der Waals surface area contributed by atoms with Crippen LogP contribution in [0.2, 0.25) is 0 Å². The Morgan fingerprint density at radius 3 is 2.51 bits per heavy atom. The summed E-state index contributed by atoms with van der Waals surface area (Å²) in [6.45, 7) is 8.46. The summed E-state index contributed by atoms with van der Waals surface area (Å²) >= 11 is 0. The lowest BCUT2D eigenvalue weighted by molar-refractivity contribution is 0.0954. The van der Waals surface area contributed by atoms with Crippen molar-refractivity contribution in [2.24, 2.45) is 0 Å². The third kappa shape index (κ3) is 6.30. The topological polar surface area (TPSA) is 56.1 Å². The molecule has 0 radical (unpaired) electrons. The molecule has 1 aromatic heterocycles. The summed E-state index contributed by atoms with van der Waals surface area (Å²) in [5.74, 6) is 2.40. The number of benzene rings is 3. The molecule has 35 heavy (non-hydrogen) atoms. The number of hydrogen-bond donors (Lipinski definition) is 1. The van der Waals surface area contributed by atoms with E-state index in [1.807, 2.05) is 49.4 Å². The highest BCUT2D eigenvalue weighted by Crippen LogP contribution is 2.22. The summed E-state index contributed by atoms with van der Waals surface area (Å²) in [5.41, 5.74) is 5.27. The normalized spacial score (nSPS) is 12.0. The van der Waals surface area contributed by atoms with Gasteiger partial charge in [-0.15, -0.1) is 0 Å². The smallest absolute Gasteiger partial charge is 0.251 e. The lowest BCUT2D eigenvalue weighted by atomic mass is 9.99. The van der Waals surface area contributed by atoms with Gasteiger partial charge in [-0.1, -0.05) is 55.8 Å². The van der Waals surface area contributed by atoms with Gasteiger partial charge in [0.15, 0.2) is 0 Å². The van der Waals surface area contributed by atoms with Gasteiger partial charge in [-0.2, -0.15) is 0 Å². The fourth-order valence-corrected chi connectivity index (χ4v) is 4.20. The molecule has 0 bridgehead atoms. The molecule has 5 nitrogen and oxygen atoms in total. The number of aromatic nitrogens is 2. The van der Waals surface area contributed by atoms with Gasteiger partial charge in [0.25, 0.3) is 5.91 Å². The van der Waals surface area contributed by atoms with Crippen LogP contribution in [0, 0.1) is 6.92 Å². The van der Waals surface area contributed by atoms with Crippen LogP contribution in [0.5, 0.6) is 5.75 Å². The Labute approximate surface area is 208 Å². The molecule has 0 saturated heterocycles. The van der Waals surface area contributed by atoms with Crippen LogP contribution in [0.1, 0.15) is 59.9 Å². The molecule has 1 unspecified atom stereocenters. The quantitative estimate of drug-likeness (QED) is 0.262. The molecule has 0 aliphatic heterocycles. The van der Waals surface area contributed by atoms with Crippen LogP contribution in [-0.4, -0.2) is 28.6 Å². The number of carbonyl (C=O) groups is 1. The molecule has 1 heterocycles. The minimum Gasteiger partial charge on any atom is -0.494 e. The van der Waals surface area contributed by atoms with Gasteiger partial charge in [-0.3, -0.25) is 4.79 Å². The number of hydrogen-bond acceptors (Lipinski definition) is 3. The third-order valence-corrected chi connectivity index (χ3v) is 6.54. The van der Waals surface area contributed by atoms with E-state index in [-0.39, 0.29) is 5.91 Å². The number of amides is 1. The van der Waals surface area contributed by atoms with Crippen molar-refractivity contribution in [1.82, 2.24) is 14.9 Å². The highest BCUT2D eigenvalue weighted by Gasteiger charge is 2.12. The zero-order valence-electron chi connectivity index (χ0n) is 21.0. The predicted molar refractivity (Wildman–Crippen MR) is 142 cm³/mol. The monoisotopic (exact) mass is 469 g/mol. The summed E-state index contributed by atoms with van der Waals surface area (Å²) < 4.78 is 8.26. The summed E-state index contributed by atoms with van der Waals surface area (Å²) in [6.07, 6.45) is 2.68. The van der Waals surface area contributed by atoms with Gasteiger partial charge in [0.05, 0.1) is 17.6 Å². The Morgan fingerprint density at radius 2 is 1.77 bits per heavy atom. The van der Waals surface area contributed by atoms with E-state index in [0.717, 1.165) is 47.6 Å². The molecule has 1 amide bonds. The second-order valence-corrected chi connectivity index (χ2v) is 9.12. The molecule has 0 spiro atoms. The third-order valence-electron chi connectivity index (χ3n) is 6.54. The van der Waals surface area contributed by atoms with Crippen LogP contribution in [0.15, 0.2) is 72.8 Å². The van der Waals surface area contributed by atoms with Gasteiger partial charge >= 0.3 is 0 Å². The van der Waals surface area contributed by atoms with Crippen molar-refractivity contribution in [2.75, 3.05) is 13.2 Å². The molecule has 4 rings (SSSR count). The minimum absolute atomic E-state index is 0.0552. The Hall–Kier alpha value is -3.60. The van der Waals surface area contributed by atoms with Crippen molar-refractivity contribution >= 4 is 16.9 Å². The van der Waals surface area contributed by atoms with E-state index in [2.05, 4.69) is 54.1 Å². The summed E-state index contributed by atoms with van der Waals surface area (Å²) in [7, 11) is 0. The van der Waals surface area contributed by atoms with Crippen LogP contribution >= 0.6 is 0 Å². The Morgan fingerprint density at radius 1 is 1.03 bits per heavy atom. The minimum atomic E-state index is -0.0552. The first-order valence-corrected chi connectivity index (χ1v) is 12.6. The van der Waals surface area contributed by atoms with Crippen molar-refractivity contribution < 1.29 is 9.53 Å². The zero-order valence-corrected chi connectivity index (χ0v) is 21.0. The van der Waals surface area contributed by atoms with Crippen molar-refractivity contribution in [2.45, 2.75) is 52.5 Å². The Balaban J connectivity index is 1.34. The first kappa shape index (κ1) is 24.5. The lowest BCUT2D eigenvalue weighted by Gasteiger charge is -2.12. The van der Waals surface area contributed by atoms with Gasteiger partial charge in [-0.05, 0) is 67.6 Å². The second kappa shape index (κ2) is 11.7. The van der Waals surface area contributed by atoms with Crippen molar-refractivity contribution in [3.63, 3.8) is 0 Å². The molecular formula is C30H35N3O2. The van der Waals surface area contributed by atoms with Gasteiger partial charge in [0.2, 0.25) is 0 Å². The van der Waals surface area contributed by atoms with Crippen LogP contribution < -0.4 is 10.1 Å².